The van der Waals surface area contributed by atoms with Gasteiger partial charge in [-0.05, 0) is 41.5 Å². The lowest BCUT2D eigenvalue weighted by Crippen LogP contribution is -2.55. The molecule has 0 amide bonds. The Morgan fingerprint density at radius 2 is 1.71 bits per heavy atom. The molecular weight excluding hydrogens is 436 g/mol. The summed E-state index contributed by atoms with van der Waals surface area (Å²) in [5.41, 5.74) is 1.02. The zero-order chi connectivity index (χ0) is 22.2. The first kappa shape index (κ1) is 21.0. The summed E-state index contributed by atoms with van der Waals surface area (Å²) in [5, 5.41) is 13.4. The average Bonchev–Trinajstić information content (AvgIpc) is 3.20. The van der Waals surface area contributed by atoms with Crippen molar-refractivity contribution in [1.82, 2.24) is 5.32 Å². The first-order valence-corrected chi connectivity index (χ1v) is 11.6. The molecule has 1 heterocycles. The van der Waals surface area contributed by atoms with E-state index in [1.807, 2.05) is 18.2 Å². The normalized spacial score (nSPS) is 18.1. The molecule has 1 unspecified atom stereocenters. The van der Waals surface area contributed by atoms with Crippen LogP contribution >= 0.6 is 11.6 Å². The van der Waals surface area contributed by atoms with Gasteiger partial charge in [-0.1, -0.05) is 54.1 Å². The molecule has 0 aliphatic carbocycles. The predicted molar refractivity (Wildman–Crippen MR) is 121 cm³/mol. The van der Waals surface area contributed by atoms with Gasteiger partial charge in [0.25, 0.3) is 0 Å². The minimum atomic E-state index is -3.32. The molecular formula is C23H19ClN2O4S. The molecule has 0 fully saturated rings. The minimum absolute atomic E-state index is 0.240. The molecule has 8 heteroatoms. The number of halogens is 1. The lowest BCUT2D eigenvalue weighted by Gasteiger charge is -2.36. The van der Waals surface area contributed by atoms with Gasteiger partial charge in [-0.15, -0.1) is 0 Å². The maximum Gasteiger partial charge on any atom is 0.356 e. The van der Waals surface area contributed by atoms with E-state index in [0.717, 1.165) is 11.1 Å². The van der Waals surface area contributed by atoms with Crippen molar-refractivity contribution in [2.45, 2.75) is 10.6 Å². The van der Waals surface area contributed by atoms with Gasteiger partial charge < -0.3 is 15.3 Å². The molecule has 1 aliphatic rings. The smallest absolute Gasteiger partial charge is 0.356 e. The lowest BCUT2D eigenvalue weighted by molar-refractivity contribution is -0.144. The summed E-state index contributed by atoms with van der Waals surface area (Å²) in [6, 6.07) is 20.7. The van der Waals surface area contributed by atoms with Gasteiger partial charge in [-0.2, -0.15) is 0 Å². The summed E-state index contributed by atoms with van der Waals surface area (Å²) >= 11 is 6.34. The summed E-state index contributed by atoms with van der Waals surface area (Å²) in [7, 11) is -3.32. The highest BCUT2D eigenvalue weighted by Gasteiger charge is 2.49. The molecule has 0 spiro atoms. The van der Waals surface area contributed by atoms with Crippen LogP contribution in [0.3, 0.4) is 0 Å². The van der Waals surface area contributed by atoms with Crippen LogP contribution in [0.5, 0.6) is 0 Å². The first-order valence-electron chi connectivity index (χ1n) is 9.36. The standard InChI is InChI=1S/C23H19ClN2O4S/c1-31(29,30)19-6-4-5-17(15-19)16-9-11-18(12-10-16)26-14-13-25-23(26,22(27)28)20-7-2-3-8-21(20)24/h2-15,25H,1H3,(H,27,28). The third-order valence-corrected chi connectivity index (χ3v) is 6.63. The number of aliphatic carboxylic acids is 1. The van der Waals surface area contributed by atoms with E-state index in [1.54, 1.807) is 71.9 Å². The Bertz CT molecular complexity index is 1290. The van der Waals surface area contributed by atoms with Crippen LogP contribution in [0.2, 0.25) is 5.02 Å². The van der Waals surface area contributed by atoms with Crippen LogP contribution < -0.4 is 10.2 Å². The zero-order valence-corrected chi connectivity index (χ0v) is 18.1. The molecule has 3 aromatic rings. The average molecular weight is 455 g/mol. The Balaban J connectivity index is 1.74. The van der Waals surface area contributed by atoms with Gasteiger partial charge in [-0.25, -0.2) is 13.2 Å². The minimum Gasteiger partial charge on any atom is -0.478 e. The second-order valence-corrected chi connectivity index (χ2v) is 9.60. The maximum atomic E-state index is 12.4. The number of nitrogens with zero attached hydrogens (tertiary/aromatic N) is 1. The molecule has 4 rings (SSSR count). The van der Waals surface area contributed by atoms with Gasteiger partial charge >= 0.3 is 5.97 Å². The quantitative estimate of drug-likeness (QED) is 0.600. The highest BCUT2D eigenvalue weighted by atomic mass is 35.5. The zero-order valence-electron chi connectivity index (χ0n) is 16.5. The number of carbonyl (C=O) groups is 1. The van der Waals surface area contributed by atoms with E-state index in [-0.39, 0.29) is 4.90 Å². The van der Waals surface area contributed by atoms with Crippen LogP contribution in [-0.4, -0.2) is 25.7 Å². The fourth-order valence-electron chi connectivity index (χ4n) is 3.66. The molecule has 0 bridgehead atoms. The van der Waals surface area contributed by atoms with Crippen molar-refractivity contribution < 1.29 is 18.3 Å². The van der Waals surface area contributed by atoms with Crippen LogP contribution in [-0.2, 0) is 20.3 Å². The lowest BCUT2D eigenvalue weighted by atomic mass is 9.97. The Labute approximate surface area is 185 Å². The molecule has 0 aromatic heterocycles. The van der Waals surface area contributed by atoms with Crippen molar-refractivity contribution >= 4 is 33.1 Å². The molecule has 6 nitrogen and oxygen atoms in total. The summed E-state index contributed by atoms with van der Waals surface area (Å²) < 4.78 is 23.7. The number of sulfone groups is 1. The monoisotopic (exact) mass is 454 g/mol. The van der Waals surface area contributed by atoms with Crippen molar-refractivity contribution in [3.05, 3.63) is 95.8 Å². The summed E-state index contributed by atoms with van der Waals surface area (Å²) in [4.78, 5) is 14.3. The van der Waals surface area contributed by atoms with Crippen LogP contribution in [0.1, 0.15) is 5.56 Å². The Hall–Kier alpha value is -3.29. The van der Waals surface area contributed by atoms with Crippen molar-refractivity contribution in [3.63, 3.8) is 0 Å². The van der Waals surface area contributed by atoms with E-state index in [4.69, 9.17) is 11.6 Å². The van der Waals surface area contributed by atoms with Gasteiger partial charge in [0.05, 0.1) is 4.90 Å². The number of anilines is 1. The van der Waals surface area contributed by atoms with Crippen molar-refractivity contribution in [3.8, 4) is 11.1 Å². The highest BCUT2D eigenvalue weighted by Crippen LogP contribution is 2.39. The molecule has 2 N–H and O–H groups in total. The highest BCUT2D eigenvalue weighted by molar-refractivity contribution is 7.90. The molecule has 3 aromatic carbocycles. The predicted octanol–water partition coefficient (Wildman–Crippen LogP) is 4.23. The van der Waals surface area contributed by atoms with Crippen LogP contribution in [0.25, 0.3) is 11.1 Å². The van der Waals surface area contributed by atoms with Crippen LogP contribution in [0.15, 0.2) is 90.1 Å². The topological polar surface area (TPSA) is 86.7 Å². The Morgan fingerprint density at radius 3 is 2.35 bits per heavy atom. The van der Waals surface area contributed by atoms with Gasteiger partial charge in [-0.3, -0.25) is 0 Å². The Morgan fingerprint density at radius 1 is 1.00 bits per heavy atom. The SMILES string of the molecule is CS(=O)(=O)c1cccc(-c2ccc(N3C=CNC3(C(=O)O)c3ccccc3Cl)cc2)c1. The number of carboxylic acids is 1. The summed E-state index contributed by atoms with van der Waals surface area (Å²) in [6.45, 7) is 0. The fraction of sp³-hybridized carbons (Fsp3) is 0.0870. The largest absolute Gasteiger partial charge is 0.478 e. The van der Waals surface area contributed by atoms with Crippen molar-refractivity contribution in [1.29, 1.82) is 0 Å². The first-order chi connectivity index (χ1) is 14.7. The number of benzene rings is 3. The molecule has 158 valence electrons. The fourth-order valence-corrected chi connectivity index (χ4v) is 4.60. The third-order valence-electron chi connectivity index (χ3n) is 5.19. The molecule has 1 aliphatic heterocycles. The van der Waals surface area contributed by atoms with Gasteiger partial charge in [0, 0.05) is 34.9 Å². The van der Waals surface area contributed by atoms with Crippen molar-refractivity contribution in [2.75, 3.05) is 11.2 Å². The Kier molecular flexibility index (Phi) is 5.24. The molecule has 1 atom stereocenters. The van der Waals surface area contributed by atoms with E-state index in [1.165, 1.54) is 6.26 Å². The third kappa shape index (κ3) is 3.66. The van der Waals surface area contributed by atoms with E-state index in [2.05, 4.69) is 5.32 Å². The second-order valence-electron chi connectivity index (χ2n) is 7.17. The number of carboxylic acid groups (broad SMARTS) is 1. The molecule has 0 radical (unpaired) electrons. The van der Waals surface area contributed by atoms with E-state index in [0.29, 0.717) is 16.3 Å². The molecule has 0 saturated carbocycles. The number of rotatable bonds is 5. The number of nitrogens with one attached hydrogen (secondary N) is 1. The molecule has 31 heavy (non-hydrogen) atoms. The molecule has 0 saturated heterocycles. The van der Waals surface area contributed by atoms with E-state index < -0.39 is 21.5 Å². The van der Waals surface area contributed by atoms with E-state index in [9.17, 15) is 18.3 Å². The summed E-state index contributed by atoms with van der Waals surface area (Å²) in [6.07, 6.45) is 4.39. The van der Waals surface area contributed by atoms with Crippen LogP contribution in [0.4, 0.5) is 5.69 Å². The number of hydrogen-bond acceptors (Lipinski definition) is 5. The van der Waals surface area contributed by atoms with Gasteiger partial charge in [0.15, 0.2) is 9.84 Å². The second kappa shape index (κ2) is 7.76. The van der Waals surface area contributed by atoms with Crippen molar-refractivity contribution in [2.24, 2.45) is 0 Å². The van der Waals surface area contributed by atoms with Crippen LogP contribution in [0, 0.1) is 0 Å². The van der Waals surface area contributed by atoms with E-state index >= 15 is 0 Å². The maximum absolute atomic E-state index is 12.4. The number of hydrogen-bond donors (Lipinski definition) is 2. The van der Waals surface area contributed by atoms with Gasteiger partial charge in [0.1, 0.15) is 0 Å². The summed E-state index contributed by atoms with van der Waals surface area (Å²) in [5.74, 6) is -1.10. The van der Waals surface area contributed by atoms with Gasteiger partial charge in [0.2, 0.25) is 5.66 Å².